The molecular weight excluding hydrogens is 238 g/mol. The van der Waals surface area contributed by atoms with E-state index in [1.165, 1.54) is 6.20 Å². The van der Waals surface area contributed by atoms with Crippen molar-refractivity contribution in [2.45, 2.75) is 6.54 Å². The zero-order chi connectivity index (χ0) is 12.3. The van der Waals surface area contributed by atoms with E-state index in [0.29, 0.717) is 17.3 Å². The Morgan fingerprint density at radius 2 is 2.24 bits per heavy atom. The molecule has 1 aromatic carbocycles. The molecule has 88 valence electrons. The third-order valence-electron chi connectivity index (χ3n) is 2.45. The van der Waals surface area contributed by atoms with Crippen molar-refractivity contribution in [3.63, 3.8) is 0 Å². The number of hydrogen-bond donors (Lipinski definition) is 1. The number of nitrogens with one attached hydrogen (secondary N) is 1. The number of rotatable bonds is 3. The molecule has 0 aliphatic rings. The second-order valence-electron chi connectivity index (χ2n) is 3.66. The van der Waals surface area contributed by atoms with Crippen LogP contribution < -0.4 is 5.32 Å². The number of amides is 1. The molecule has 0 saturated carbocycles. The van der Waals surface area contributed by atoms with Gasteiger partial charge in [-0.3, -0.25) is 4.79 Å². The summed E-state index contributed by atoms with van der Waals surface area (Å²) < 4.78 is 1.67. The van der Waals surface area contributed by atoms with Crippen LogP contribution in [-0.2, 0) is 13.6 Å². The highest BCUT2D eigenvalue weighted by atomic mass is 35.5. The lowest BCUT2D eigenvalue weighted by molar-refractivity contribution is 0.0943. The van der Waals surface area contributed by atoms with Gasteiger partial charge in [0.15, 0.2) is 0 Å². The Morgan fingerprint density at radius 3 is 2.88 bits per heavy atom. The molecule has 1 N–H and O–H groups in total. The van der Waals surface area contributed by atoms with Crippen LogP contribution in [0.15, 0.2) is 36.8 Å². The number of aromatic nitrogens is 2. The summed E-state index contributed by atoms with van der Waals surface area (Å²) in [4.78, 5) is 15.7. The molecule has 0 aliphatic carbocycles. The van der Waals surface area contributed by atoms with Crippen LogP contribution in [0.4, 0.5) is 0 Å². The molecule has 0 spiro atoms. The Kier molecular flexibility index (Phi) is 3.44. The molecule has 0 bridgehead atoms. The fourth-order valence-electron chi connectivity index (χ4n) is 1.48. The first-order valence-corrected chi connectivity index (χ1v) is 5.54. The van der Waals surface area contributed by atoms with E-state index in [2.05, 4.69) is 10.3 Å². The van der Waals surface area contributed by atoms with Crippen LogP contribution >= 0.6 is 11.6 Å². The lowest BCUT2D eigenvalue weighted by Gasteiger charge is -2.06. The van der Waals surface area contributed by atoms with Crippen LogP contribution in [0.2, 0.25) is 5.02 Å². The summed E-state index contributed by atoms with van der Waals surface area (Å²) in [7, 11) is 1.78. The van der Waals surface area contributed by atoms with Crippen molar-refractivity contribution in [3.05, 3.63) is 53.1 Å². The average Bonchev–Trinajstić information content (AvgIpc) is 2.74. The van der Waals surface area contributed by atoms with Crippen LogP contribution in [0, 0.1) is 0 Å². The molecule has 0 atom stereocenters. The van der Waals surface area contributed by atoms with Gasteiger partial charge in [-0.25, -0.2) is 4.98 Å². The monoisotopic (exact) mass is 249 g/mol. The molecule has 0 unspecified atom stereocenters. The molecule has 17 heavy (non-hydrogen) atoms. The van der Waals surface area contributed by atoms with Crippen LogP contribution in [0.3, 0.4) is 0 Å². The van der Waals surface area contributed by atoms with Crippen LogP contribution in [0.5, 0.6) is 0 Å². The molecule has 1 aromatic heterocycles. The van der Waals surface area contributed by atoms with Crippen molar-refractivity contribution in [1.29, 1.82) is 0 Å². The molecule has 0 radical (unpaired) electrons. The molecule has 0 fully saturated rings. The fourth-order valence-corrected chi connectivity index (χ4v) is 1.69. The Balaban J connectivity index is 2.02. The molecule has 2 aromatic rings. The van der Waals surface area contributed by atoms with E-state index in [0.717, 1.165) is 5.56 Å². The van der Waals surface area contributed by atoms with Gasteiger partial charge in [-0.05, 0) is 11.6 Å². The van der Waals surface area contributed by atoms with Gasteiger partial charge < -0.3 is 9.88 Å². The summed E-state index contributed by atoms with van der Waals surface area (Å²) in [6.45, 7) is 0.406. The maximum absolute atomic E-state index is 11.8. The Hall–Kier alpha value is -1.81. The number of nitrogens with zero attached hydrogens (tertiary/aromatic N) is 2. The molecule has 2 rings (SSSR count). The lowest BCUT2D eigenvalue weighted by atomic mass is 10.2. The van der Waals surface area contributed by atoms with E-state index in [-0.39, 0.29) is 5.91 Å². The number of aryl methyl sites for hydroxylation is 1. The highest BCUT2D eigenvalue weighted by Crippen LogP contribution is 2.14. The molecule has 0 aliphatic heterocycles. The largest absolute Gasteiger partial charge is 0.347 e. The standard InChI is InChI=1S/C12H12ClN3O/c1-16-8-14-7-11(16)12(17)15-6-9-4-2-3-5-10(9)13/h2-5,7-8H,6H2,1H3,(H,15,17). The van der Waals surface area contributed by atoms with Gasteiger partial charge in [-0.15, -0.1) is 0 Å². The van der Waals surface area contributed by atoms with E-state index >= 15 is 0 Å². The van der Waals surface area contributed by atoms with E-state index < -0.39 is 0 Å². The number of halogens is 1. The fraction of sp³-hybridized carbons (Fsp3) is 0.167. The topological polar surface area (TPSA) is 46.9 Å². The highest BCUT2D eigenvalue weighted by molar-refractivity contribution is 6.31. The van der Waals surface area contributed by atoms with E-state index in [1.807, 2.05) is 18.2 Å². The van der Waals surface area contributed by atoms with Crippen LogP contribution in [0.1, 0.15) is 16.1 Å². The minimum absolute atomic E-state index is 0.162. The van der Waals surface area contributed by atoms with Gasteiger partial charge in [-0.1, -0.05) is 29.8 Å². The molecule has 4 nitrogen and oxygen atoms in total. The van der Waals surface area contributed by atoms with Gasteiger partial charge in [0.25, 0.3) is 5.91 Å². The number of carbonyl (C=O) groups is 1. The van der Waals surface area contributed by atoms with Gasteiger partial charge in [0, 0.05) is 18.6 Å². The first-order chi connectivity index (χ1) is 8.18. The minimum atomic E-state index is -0.162. The summed E-state index contributed by atoms with van der Waals surface area (Å²) in [5.74, 6) is -0.162. The van der Waals surface area contributed by atoms with Crippen molar-refractivity contribution in [3.8, 4) is 0 Å². The Bertz CT molecular complexity index is 536. The van der Waals surface area contributed by atoms with Crippen molar-refractivity contribution in [2.75, 3.05) is 0 Å². The van der Waals surface area contributed by atoms with Gasteiger partial charge in [-0.2, -0.15) is 0 Å². The van der Waals surface area contributed by atoms with Crippen LogP contribution in [0.25, 0.3) is 0 Å². The van der Waals surface area contributed by atoms with Crippen molar-refractivity contribution >= 4 is 17.5 Å². The predicted octanol–water partition coefficient (Wildman–Crippen LogP) is 2.00. The number of benzene rings is 1. The average molecular weight is 250 g/mol. The first kappa shape index (κ1) is 11.7. The summed E-state index contributed by atoms with van der Waals surface area (Å²) in [6, 6.07) is 7.42. The predicted molar refractivity (Wildman–Crippen MR) is 65.8 cm³/mol. The molecular formula is C12H12ClN3O. The summed E-state index contributed by atoms with van der Waals surface area (Å²) in [5.41, 5.74) is 1.42. The zero-order valence-corrected chi connectivity index (χ0v) is 10.1. The maximum atomic E-state index is 11.8. The summed E-state index contributed by atoms with van der Waals surface area (Å²) in [5, 5.41) is 3.45. The quantitative estimate of drug-likeness (QED) is 0.905. The SMILES string of the molecule is Cn1cncc1C(=O)NCc1ccccc1Cl. The highest BCUT2D eigenvalue weighted by Gasteiger charge is 2.09. The van der Waals surface area contributed by atoms with Crippen molar-refractivity contribution in [2.24, 2.45) is 7.05 Å². The number of imidazole rings is 1. The van der Waals surface area contributed by atoms with Crippen molar-refractivity contribution in [1.82, 2.24) is 14.9 Å². The summed E-state index contributed by atoms with van der Waals surface area (Å²) in [6.07, 6.45) is 3.12. The minimum Gasteiger partial charge on any atom is -0.347 e. The smallest absolute Gasteiger partial charge is 0.269 e. The maximum Gasteiger partial charge on any atom is 0.269 e. The molecule has 0 saturated heterocycles. The molecule has 5 heteroatoms. The van der Waals surface area contributed by atoms with Gasteiger partial charge in [0.1, 0.15) is 5.69 Å². The number of carbonyl (C=O) groups excluding carboxylic acids is 1. The molecule has 1 amide bonds. The number of hydrogen-bond acceptors (Lipinski definition) is 2. The molecule has 1 heterocycles. The third kappa shape index (κ3) is 2.65. The van der Waals surface area contributed by atoms with E-state index in [9.17, 15) is 4.79 Å². The first-order valence-electron chi connectivity index (χ1n) is 5.16. The van der Waals surface area contributed by atoms with Crippen LogP contribution in [-0.4, -0.2) is 15.5 Å². The third-order valence-corrected chi connectivity index (χ3v) is 2.82. The summed E-state index contributed by atoms with van der Waals surface area (Å²) >= 11 is 6.00. The second kappa shape index (κ2) is 5.01. The van der Waals surface area contributed by atoms with Gasteiger partial charge >= 0.3 is 0 Å². The van der Waals surface area contributed by atoms with Gasteiger partial charge in [0.05, 0.1) is 12.5 Å². The van der Waals surface area contributed by atoms with Gasteiger partial charge in [0.2, 0.25) is 0 Å². The Morgan fingerprint density at radius 1 is 1.47 bits per heavy atom. The Labute approximate surface area is 104 Å². The van der Waals surface area contributed by atoms with Crippen molar-refractivity contribution < 1.29 is 4.79 Å². The normalized spacial score (nSPS) is 10.2. The van der Waals surface area contributed by atoms with E-state index in [4.69, 9.17) is 11.6 Å². The second-order valence-corrected chi connectivity index (χ2v) is 4.07. The lowest BCUT2D eigenvalue weighted by Crippen LogP contribution is -2.24. The van der Waals surface area contributed by atoms with E-state index in [1.54, 1.807) is 24.0 Å². The zero-order valence-electron chi connectivity index (χ0n) is 9.35.